The van der Waals surface area contributed by atoms with Gasteiger partial charge in [-0.1, -0.05) is 23.4 Å². The van der Waals surface area contributed by atoms with E-state index in [0.717, 1.165) is 9.56 Å². The van der Waals surface area contributed by atoms with Crippen molar-refractivity contribution >= 4 is 11.3 Å². The van der Waals surface area contributed by atoms with Gasteiger partial charge in [0.15, 0.2) is 0 Å². The number of benzene rings is 1. The number of nitrogens with zero attached hydrogens (tertiary/aromatic N) is 4. The van der Waals surface area contributed by atoms with Crippen molar-refractivity contribution in [2.75, 3.05) is 7.11 Å². The van der Waals surface area contributed by atoms with Gasteiger partial charge in [-0.2, -0.15) is 9.67 Å². The molecule has 1 aromatic carbocycles. The van der Waals surface area contributed by atoms with Crippen LogP contribution in [-0.2, 0) is 6.54 Å². The van der Waals surface area contributed by atoms with Gasteiger partial charge in [0, 0.05) is 0 Å². The number of thiophene rings is 1. The molecule has 0 fully saturated rings. The fraction of sp³-hybridized carbons (Fsp3) is 0.125. The normalized spacial score (nSPS) is 10.9. The predicted octanol–water partition coefficient (Wildman–Crippen LogP) is 2.67. The lowest BCUT2D eigenvalue weighted by molar-refractivity contribution is 0.359. The standard InChI is InChI=1S/C16H12N4O4S/c1-22-11-6-3-2-5-10(11)14-17-13(24-19-14)9-20-16(21)23-15(18-20)12-7-4-8-25-12/h2-8H,9H2,1H3. The maximum absolute atomic E-state index is 11.9. The molecule has 126 valence electrons. The SMILES string of the molecule is COc1ccccc1-c1noc(Cn2nc(-c3cccs3)oc2=O)n1. The summed E-state index contributed by atoms with van der Waals surface area (Å²) >= 11 is 1.44. The van der Waals surface area contributed by atoms with E-state index >= 15 is 0 Å². The van der Waals surface area contributed by atoms with E-state index in [4.69, 9.17) is 13.7 Å². The Morgan fingerprint density at radius 3 is 2.92 bits per heavy atom. The van der Waals surface area contributed by atoms with E-state index in [-0.39, 0.29) is 18.3 Å². The van der Waals surface area contributed by atoms with Crippen molar-refractivity contribution in [1.29, 1.82) is 0 Å². The first kappa shape index (κ1) is 15.3. The molecule has 0 atom stereocenters. The van der Waals surface area contributed by atoms with Crippen LogP contribution in [0.15, 0.2) is 55.5 Å². The summed E-state index contributed by atoms with van der Waals surface area (Å²) < 4.78 is 16.8. The monoisotopic (exact) mass is 356 g/mol. The van der Waals surface area contributed by atoms with Gasteiger partial charge in [0.2, 0.25) is 11.7 Å². The van der Waals surface area contributed by atoms with Crippen molar-refractivity contribution in [1.82, 2.24) is 19.9 Å². The van der Waals surface area contributed by atoms with Gasteiger partial charge in [-0.25, -0.2) is 4.79 Å². The second-order valence-electron chi connectivity index (χ2n) is 5.02. The zero-order valence-corrected chi connectivity index (χ0v) is 13.9. The van der Waals surface area contributed by atoms with Crippen LogP contribution in [0.2, 0.25) is 0 Å². The highest BCUT2D eigenvalue weighted by molar-refractivity contribution is 7.13. The Bertz CT molecular complexity index is 1050. The summed E-state index contributed by atoms with van der Waals surface area (Å²) in [6.07, 6.45) is 0. The van der Waals surface area contributed by atoms with Crippen LogP contribution in [0.4, 0.5) is 0 Å². The van der Waals surface area contributed by atoms with Crippen LogP contribution in [0.5, 0.6) is 5.75 Å². The number of para-hydroxylation sites is 1. The van der Waals surface area contributed by atoms with Gasteiger partial charge in [0.05, 0.1) is 17.6 Å². The molecule has 0 unspecified atom stereocenters. The molecule has 0 saturated carbocycles. The van der Waals surface area contributed by atoms with Crippen LogP contribution in [0.25, 0.3) is 22.2 Å². The highest BCUT2D eigenvalue weighted by Crippen LogP contribution is 2.27. The maximum atomic E-state index is 11.9. The average Bonchev–Trinajstić information content (AvgIpc) is 3.37. The highest BCUT2D eigenvalue weighted by Gasteiger charge is 2.16. The molecular formula is C16H12N4O4S. The second-order valence-corrected chi connectivity index (χ2v) is 5.97. The molecule has 0 saturated heterocycles. The third-order valence-corrected chi connectivity index (χ3v) is 4.30. The molecule has 8 nitrogen and oxygen atoms in total. The third-order valence-electron chi connectivity index (χ3n) is 3.44. The van der Waals surface area contributed by atoms with Crippen LogP contribution in [0.3, 0.4) is 0 Å². The van der Waals surface area contributed by atoms with Gasteiger partial charge in [-0.05, 0) is 23.6 Å². The zero-order chi connectivity index (χ0) is 17.2. The summed E-state index contributed by atoms with van der Waals surface area (Å²) in [5.41, 5.74) is 0.701. The lowest BCUT2D eigenvalue weighted by Crippen LogP contribution is -2.16. The second kappa shape index (κ2) is 6.36. The summed E-state index contributed by atoms with van der Waals surface area (Å²) in [5.74, 6) is 0.940. The number of hydrogen-bond acceptors (Lipinski definition) is 8. The third kappa shape index (κ3) is 2.96. The summed E-state index contributed by atoms with van der Waals surface area (Å²) in [6, 6.07) is 11.0. The van der Waals surface area contributed by atoms with Crippen molar-refractivity contribution < 1.29 is 13.7 Å². The van der Waals surface area contributed by atoms with Crippen molar-refractivity contribution in [3.05, 3.63) is 58.2 Å². The molecule has 0 aliphatic rings. The van der Waals surface area contributed by atoms with Crippen molar-refractivity contribution in [3.8, 4) is 27.9 Å². The first-order chi connectivity index (χ1) is 12.2. The van der Waals surface area contributed by atoms with E-state index in [1.165, 1.54) is 11.3 Å². The summed E-state index contributed by atoms with van der Waals surface area (Å²) in [7, 11) is 1.57. The van der Waals surface area contributed by atoms with E-state index in [1.807, 2.05) is 35.7 Å². The Balaban J connectivity index is 1.61. The fourth-order valence-corrected chi connectivity index (χ4v) is 2.94. The van der Waals surface area contributed by atoms with Gasteiger partial charge in [-0.15, -0.1) is 16.4 Å². The fourth-order valence-electron chi connectivity index (χ4n) is 2.29. The minimum absolute atomic E-state index is 0.0237. The average molecular weight is 356 g/mol. The molecule has 3 heterocycles. The van der Waals surface area contributed by atoms with E-state index in [9.17, 15) is 4.79 Å². The van der Waals surface area contributed by atoms with Gasteiger partial charge in [0.25, 0.3) is 5.89 Å². The van der Waals surface area contributed by atoms with Crippen LogP contribution in [0, 0.1) is 0 Å². The lowest BCUT2D eigenvalue weighted by Gasteiger charge is -2.02. The van der Waals surface area contributed by atoms with Gasteiger partial charge >= 0.3 is 5.76 Å². The zero-order valence-electron chi connectivity index (χ0n) is 13.1. The van der Waals surface area contributed by atoms with E-state index in [1.54, 1.807) is 13.2 Å². The van der Waals surface area contributed by atoms with Crippen LogP contribution in [0.1, 0.15) is 5.89 Å². The van der Waals surface area contributed by atoms with Crippen molar-refractivity contribution in [3.63, 3.8) is 0 Å². The van der Waals surface area contributed by atoms with Crippen LogP contribution in [-0.4, -0.2) is 27.0 Å². The molecule has 0 N–H and O–H groups in total. The van der Waals surface area contributed by atoms with Crippen LogP contribution >= 0.6 is 11.3 Å². The van der Waals surface area contributed by atoms with E-state index < -0.39 is 5.76 Å². The summed E-state index contributed by atoms with van der Waals surface area (Å²) in [4.78, 5) is 17.0. The Labute approximate surface area is 145 Å². The number of aromatic nitrogens is 4. The molecule has 4 rings (SSSR count). The molecule has 9 heteroatoms. The summed E-state index contributed by atoms with van der Waals surface area (Å²) in [5, 5.41) is 9.98. The van der Waals surface area contributed by atoms with Crippen molar-refractivity contribution in [2.45, 2.75) is 6.54 Å². The number of methoxy groups -OCH3 is 1. The van der Waals surface area contributed by atoms with Gasteiger partial charge in [-0.3, -0.25) is 0 Å². The molecule has 4 aromatic rings. The van der Waals surface area contributed by atoms with E-state index in [2.05, 4.69) is 15.2 Å². The maximum Gasteiger partial charge on any atom is 0.437 e. The molecule has 0 radical (unpaired) electrons. The Morgan fingerprint density at radius 2 is 2.12 bits per heavy atom. The van der Waals surface area contributed by atoms with E-state index in [0.29, 0.717) is 17.1 Å². The van der Waals surface area contributed by atoms with Crippen molar-refractivity contribution in [2.24, 2.45) is 0 Å². The van der Waals surface area contributed by atoms with Gasteiger partial charge < -0.3 is 13.7 Å². The number of ether oxygens (including phenoxy) is 1. The number of hydrogen-bond donors (Lipinski definition) is 0. The topological polar surface area (TPSA) is 96.2 Å². The molecule has 3 aromatic heterocycles. The number of rotatable bonds is 5. The van der Waals surface area contributed by atoms with Gasteiger partial charge in [0.1, 0.15) is 12.3 Å². The predicted molar refractivity (Wildman–Crippen MR) is 89.5 cm³/mol. The minimum Gasteiger partial charge on any atom is -0.496 e. The minimum atomic E-state index is -0.583. The molecule has 25 heavy (non-hydrogen) atoms. The Hall–Kier alpha value is -3.20. The first-order valence-electron chi connectivity index (χ1n) is 7.32. The molecular weight excluding hydrogens is 344 g/mol. The smallest absolute Gasteiger partial charge is 0.437 e. The molecule has 0 bridgehead atoms. The Morgan fingerprint density at radius 1 is 1.24 bits per heavy atom. The quantitative estimate of drug-likeness (QED) is 0.542. The molecule has 0 amide bonds. The highest BCUT2D eigenvalue weighted by atomic mass is 32.1. The molecule has 0 spiro atoms. The largest absolute Gasteiger partial charge is 0.496 e. The first-order valence-corrected chi connectivity index (χ1v) is 8.20. The molecule has 0 aliphatic carbocycles. The summed E-state index contributed by atoms with van der Waals surface area (Å²) in [6.45, 7) is 0.0237. The Kier molecular flexibility index (Phi) is 3.90. The molecule has 0 aliphatic heterocycles. The van der Waals surface area contributed by atoms with Crippen LogP contribution < -0.4 is 10.5 Å². The lowest BCUT2D eigenvalue weighted by atomic mass is 10.2.